The number of carbonyl (C=O) groups excluding carboxylic acids is 1. The number of halogens is 1. The van der Waals surface area contributed by atoms with Gasteiger partial charge in [-0.05, 0) is 18.6 Å². The molecule has 0 fully saturated rings. The first-order chi connectivity index (χ1) is 10.3. The van der Waals surface area contributed by atoms with Gasteiger partial charge in [-0.15, -0.1) is 0 Å². The Bertz CT molecular complexity index is 749. The quantitative estimate of drug-likeness (QED) is 0.524. The molecule has 0 aliphatic carbocycles. The number of nitrogens with zero attached hydrogens (tertiary/aromatic N) is 3. The summed E-state index contributed by atoms with van der Waals surface area (Å²) in [6, 6.07) is 0.0200. The third-order valence-corrected chi connectivity index (χ3v) is 4.54. The molecule has 114 valence electrons. The number of urea groups is 1. The molecule has 0 saturated carbocycles. The molecule has 1 unspecified atom stereocenters. The molecule has 6 nitrogen and oxygen atoms in total. The minimum Gasteiger partial charge on any atom is -1.00 e. The second-order valence-electron chi connectivity index (χ2n) is 5.61. The Morgan fingerprint density at radius 1 is 1.27 bits per heavy atom. The number of ether oxygens (including phenoxy) is 1. The van der Waals surface area contributed by atoms with Gasteiger partial charge in [-0.25, -0.2) is 4.79 Å². The van der Waals surface area contributed by atoms with Crippen molar-refractivity contribution in [1.29, 1.82) is 0 Å². The summed E-state index contributed by atoms with van der Waals surface area (Å²) in [5.41, 5.74) is 1.70. The molecular formula is C15H14BrN3O3. The third-order valence-electron chi connectivity index (χ3n) is 4.54. The van der Waals surface area contributed by atoms with Crippen molar-refractivity contribution >= 4 is 11.7 Å². The first-order valence-electron chi connectivity index (χ1n) is 7.18. The summed E-state index contributed by atoms with van der Waals surface area (Å²) in [7, 11) is 0. The van der Waals surface area contributed by atoms with E-state index in [4.69, 9.17) is 9.15 Å². The van der Waals surface area contributed by atoms with Gasteiger partial charge < -0.3 is 26.1 Å². The fourth-order valence-corrected chi connectivity index (χ4v) is 3.47. The maximum absolute atomic E-state index is 12.8. The molecule has 4 aliphatic rings. The molecule has 5 rings (SSSR count). The fraction of sp³-hybridized carbons (Fsp3) is 0.333. The molecule has 1 atom stereocenters. The second kappa shape index (κ2) is 4.74. The maximum Gasteiger partial charge on any atom is 0.397 e. The Labute approximate surface area is 137 Å². The first-order valence-corrected chi connectivity index (χ1v) is 7.18. The van der Waals surface area contributed by atoms with E-state index in [1.165, 1.54) is 0 Å². The van der Waals surface area contributed by atoms with E-state index in [-0.39, 0.29) is 23.0 Å². The van der Waals surface area contributed by atoms with Gasteiger partial charge in [-0.2, -0.15) is 4.57 Å². The highest BCUT2D eigenvalue weighted by molar-refractivity contribution is 5.90. The number of allylic oxidation sites excluding steroid dienone is 2. The number of carbonyl (C=O) groups is 1. The Kier molecular flexibility index (Phi) is 2.94. The third kappa shape index (κ3) is 1.65. The van der Waals surface area contributed by atoms with Crippen LogP contribution >= 0.6 is 0 Å². The summed E-state index contributed by atoms with van der Waals surface area (Å²) in [6.07, 6.45) is 10.3. The molecule has 0 spiro atoms. The van der Waals surface area contributed by atoms with Crippen molar-refractivity contribution in [2.75, 3.05) is 13.1 Å². The Morgan fingerprint density at radius 2 is 2.18 bits per heavy atom. The lowest BCUT2D eigenvalue weighted by molar-refractivity contribution is -0.705. The van der Waals surface area contributed by atoms with Crippen LogP contribution in [0.15, 0.2) is 46.7 Å². The van der Waals surface area contributed by atoms with Crippen LogP contribution in [0.25, 0.3) is 5.70 Å². The predicted molar refractivity (Wildman–Crippen MR) is 71.0 cm³/mol. The summed E-state index contributed by atoms with van der Waals surface area (Å²) in [5.74, 6) is 1.90. The molecule has 0 saturated heterocycles. The van der Waals surface area contributed by atoms with Gasteiger partial charge in [-0.3, -0.25) is 9.80 Å². The highest BCUT2D eigenvalue weighted by Gasteiger charge is 2.44. The first kappa shape index (κ1) is 13.6. The second-order valence-corrected chi connectivity index (χ2v) is 5.61. The van der Waals surface area contributed by atoms with Gasteiger partial charge in [0.2, 0.25) is 6.20 Å². The van der Waals surface area contributed by atoms with Crippen LogP contribution in [-0.4, -0.2) is 28.9 Å². The predicted octanol–water partition coefficient (Wildman–Crippen LogP) is -1.56. The molecule has 5 heterocycles. The number of rotatable bonds is 0. The van der Waals surface area contributed by atoms with Gasteiger partial charge in [0.25, 0.3) is 0 Å². The lowest BCUT2D eigenvalue weighted by Gasteiger charge is -2.39. The van der Waals surface area contributed by atoms with Gasteiger partial charge in [0.1, 0.15) is 5.76 Å². The molecule has 1 aromatic heterocycles. The van der Waals surface area contributed by atoms with E-state index in [1.807, 2.05) is 21.7 Å². The van der Waals surface area contributed by atoms with E-state index in [0.717, 1.165) is 42.6 Å². The van der Waals surface area contributed by atoms with Crippen molar-refractivity contribution in [3.63, 3.8) is 0 Å². The number of hydrogen-bond donors (Lipinski definition) is 0. The van der Waals surface area contributed by atoms with Crippen LogP contribution in [0.5, 0.6) is 0 Å². The summed E-state index contributed by atoms with van der Waals surface area (Å²) >= 11 is 0. The van der Waals surface area contributed by atoms with Gasteiger partial charge in [-0.1, -0.05) is 0 Å². The summed E-state index contributed by atoms with van der Waals surface area (Å²) in [6.45, 7) is 2.16. The maximum atomic E-state index is 12.8. The van der Waals surface area contributed by atoms with E-state index in [2.05, 4.69) is 6.08 Å². The van der Waals surface area contributed by atoms with Crippen LogP contribution in [0.4, 0.5) is 4.79 Å². The monoisotopic (exact) mass is 363 g/mol. The normalized spacial score (nSPS) is 24.8. The Morgan fingerprint density at radius 3 is 3.09 bits per heavy atom. The molecule has 0 bridgehead atoms. The summed E-state index contributed by atoms with van der Waals surface area (Å²) < 4.78 is 13.2. The van der Waals surface area contributed by atoms with Crippen molar-refractivity contribution in [3.8, 4) is 0 Å². The standard InChI is InChI=1S/C15H14N3O3.BrH/c19-15-17-3-1-10-2-7-20-13(10)11(17)9-12-14-16(6-8-21-14)4-5-18(12)15;/h2,6-10H,1,3-5H2;1H/q+1;/p-1. The van der Waals surface area contributed by atoms with E-state index in [0.29, 0.717) is 12.5 Å². The van der Waals surface area contributed by atoms with E-state index in [1.54, 1.807) is 17.4 Å². The lowest BCUT2D eigenvalue weighted by atomic mass is 9.96. The SMILES string of the molecule is O=C1N2CC[n+]3ccoc3C2=CC2=C3OC=CC3CCN12.[Br-]. The zero-order valence-electron chi connectivity index (χ0n) is 11.7. The van der Waals surface area contributed by atoms with Gasteiger partial charge in [0.05, 0.1) is 18.5 Å². The minimum absolute atomic E-state index is 0. The Hall–Kier alpha value is -2.02. The summed E-state index contributed by atoms with van der Waals surface area (Å²) in [4.78, 5) is 16.4. The topological polar surface area (TPSA) is 49.8 Å². The van der Waals surface area contributed by atoms with Crippen LogP contribution in [-0.2, 0) is 11.3 Å². The van der Waals surface area contributed by atoms with Crippen LogP contribution in [0.2, 0.25) is 0 Å². The highest BCUT2D eigenvalue weighted by Crippen LogP contribution is 2.39. The lowest BCUT2D eigenvalue weighted by Crippen LogP contribution is -3.00. The fourth-order valence-electron chi connectivity index (χ4n) is 3.47. The van der Waals surface area contributed by atoms with Crippen molar-refractivity contribution in [1.82, 2.24) is 9.80 Å². The number of hydrogen-bond acceptors (Lipinski definition) is 3. The molecule has 4 aliphatic heterocycles. The zero-order chi connectivity index (χ0) is 14.0. The molecule has 2 amide bonds. The van der Waals surface area contributed by atoms with Crippen LogP contribution in [0.1, 0.15) is 12.3 Å². The van der Waals surface area contributed by atoms with Crippen LogP contribution in [0.3, 0.4) is 0 Å². The average molecular weight is 364 g/mol. The van der Waals surface area contributed by atoms with Crippen LogP contribution < -0.4 is 21.5 Å². The smallest absolute Gasteiger partial charge is 0.397 e. The van der Waals surface area contributed by atoms with Crippen molar-refractivity contribution in [2.45, 2.75) is 13.0 Å². The molecule has 1 aromatic rings. The molecule has 0 radical (unpaired) electrons. The highest BCUT2D eigenvalue weighted by atomic mass is 79.9. The van der Waals surface area contributed by atoms with E-state index < -0.39 is 0 Å². The molecular weight excluding hydrogens is 350 g/mol. The van der Waals surface area contributed by atoms with Crippen molar-refractivity contribution in [3.05, 3.63) is 48.2 Å². The largest absolute Gasteiger partial charge is 1.00 e. The van der Waals surface area contributed by atoms with Gasteiger partial charge >= 0.3 is 11.9 Å². The number of amides is 2. The minimum atomic E-state index is 0. The molecule has 0 aromatic carbocycles. The number of oxazole rings is 1. The number of aromatic nitrogens is 1. The van der Waals surface area contributed by atoms with E-state index >= 15 is 0 Å². The van der Waals surface area contributed by atoms with Gasteiger partial charge in [0, 0.05) is 12.5 Å². The van der Waals surface area contributed by atoms with Gasteiger partial charge in [0.15, 0.2) is 18.5 Å². The van der Waals surface area contributed by atoms with Crippen molar-refractivity contribution in [2.24, 2.45) is 5.92 Å². The van der Waals surface area contributed by atoms with E-state index in [9.17, 15) is 4.79 Å². The Balaban J connectivity index is 0.00000125. The molecule has 22 heavy (non-hydrogen) atoms. The summed E-state index contributed by atoms with van der Waals surface area (Å²) in [5, 5.41) is 0. The van der Waals surface area contributed by atoms with Crippen molar-refractivity contribution < 1.29 is 35.5 Å². The average Bonchev–Trinajstić information content (AvgIpc) is 3.16. The number of fused-ring (bicyclic) bond motifs is 5. The molecule has 7 heteroatoms. The zero-order valence-corrected chi connectivity index (χ0v) is 13.3. The molecule has 0 N–H and O–H groups in total. The van der Waals surface area contributed by atoms with Crippen LogP contribution in [0, 0.1) is 5.92 Å².